The summed E-state index contributed by atoms with van der Waals surface area (Å²) in [6.07, 6.45) is 0. The Bertz CT molecular complexity index is 1230. The number of methoxy groups -OCH3 is 2. The van der Waals surface area contributed by atoms with Crippen molar-refractivity contribution in [2.24, 2.45) is 10.2 Å². The number of anilines is 2. The van der Waals surface area contributed by atoms with Crippen molar-refractivity contribution in [3.8, 4) is 6.07 Å². The predicted molar refractivity (Wildman–Crippen MR) is 133 cm³/mol. The zero-order chi connectivity index (χ0) is 26.2. The second-order valence-corrected chi connectivity index (χ2v) is 7.94. The summed E-state index contributed by atoms with van der Waals surface area (Å²) in [5.41, 5.74) is 2.22. The van der Waals surface area contributed by atoms with Crippen LogP contribution in [0.25, 0.3) is 0 Å². The molecule has 0 spiro atoms. The van der Waals surface area contributed by atoms with E-state index in [9.17, 15) is 19.6 Å². The van der Waals surface area contributed by atoms with E-state index < -0.39 is 11.8 Å². The fraction of sp³-hybridized carbons (Fsp3) is 0.360. The van der Waals surface area contributed by atoms with Crippen molar-refractivity contribution in [3.05, 3.63) is 47.0 Å². The molecule has 0 aliphatic carbocycles. The number of carbonyl (C=O) groups is 3. The van der Waals surface area contributed by atoms with Gasteiger partial charge in [0.25, 0.3) is 11.8 Å². The number of amides is 3. The van der Waals surface area contributed by atoms with Crippen LogP contribution in [0, 0.1) is 11.3 Å². The predicted octanol–water partition coefficient (Wildman–Crippen LogP) is 3.65. The first-order chi connectivity index (χ1) is 17.3. The quantitative estimate of drug-likeness (QED) is 0.373. The first kappa shape index (κ1) is 26.5. The molecular weight excluding hydrogens is 464 g/mol. The van der Waals surface area contributed by atoms with Crippen LogP contribution >= 0.6 is 0 Å². The Kier molecular flexibility index (Phi) is 8.83. The molecule has 1 aliphatic rings. The third kappa shape index (κ3) is 5.73. The van der Waals surface area contributed by atoms with E-state index in [-0.39, 0.29) is 34.8 Å². The minimum atomic E-state index is -0.437. The van der Waals surface area contributed by atoms with E-state index in [2.05, 4.69) is 20.4 Å². The van der Waals surface area contributed by atoms with E-state index in [1.807, 2.05) is 12.1 Å². The summed E-state index contributed by atoms with van der Waals surface area (Å²) in [7, 11) is 3.25. The van der Waals surface area contributed by atoms with Gasteiger partial charge in [-0.2, -0.15) is 5.26 Å². The summed E-state index contributed by atoms with van der Waals surface area (Å²) < 4.78 is 10.4. The number of rotatable bonds is 11. The van der Waals surface area contributed by atoms with Crippen LogP contribution < -0.4 is 10.2 Å². The van der Waals surface area contributed by atoms with E-state index in [0.29, 0.717) is 37.7 Å². The Morgan fingerprint density at radius 2 is 1.64 bits per heavy atom. The van der Waals surface area contributed by atoms with Crippen LogP contribution in [-0.4, -0.2) is 69.7 Å². The third-order valence-electron chi connectivity index (χ3n) is 5.58. The highest BCUT2D eigenvalue weighted by Crippen LogP contribution is 2.34. The summed E-state index contributed by atoms with van der Waals surface area (Å²) in [4.78, 5) is 40.0. The molecule has 0 aromatic heterocycles. The normalized spacial score (nSPS) is 12.7. The van der Waals surface area contributed by atoms with Gasteiger partial charge in [-0.15, -0.1) is 10.2 Å². The summed E-state index contributed by atoms with van der Waals surface area (Å²) in [6, 6.07) is 10.1. The molecule has 36 heavy (non-hydrogen) atoms. The maximum Gasteiger partial charge on any atom is 0.261 e. The van der Waals surface area contributed by atoms with Gasteiger partial charge in [0.1, 0.15) is 17.4 Å². The maximum atomic E-state index is 12.6. The zero-order valence-electron chi connectivity index (χ0n) is 20.7. The van der Waals surface area contributed by atoms with Crippen molar-refractivity contribution in [1.82, 2.24) is 4.90 Å². The number of imide groups is 1. The molecule has 0 saturated carbocycles. The summed E-state index contributed by atoms with van der Waals surface area (Å²) in [5, 5.41) is 20.8. The second-order valence-electron chi connectivity index (χ2n) is 7.94. The molecule has 0 bridgehead atoms. The molecule has 2 aromatic carbocycles. The summed E-state index contributed by atoms with van der Waals surface area (Å²) in [5.74, 6) is -1.16. The molecule has 0 fully saturated rings. The third-order valence-corrected chi connectivity index (χ3v) is 5.58. The average Bonchev–Trinajstić information content (AvgIpc) is 3.10. The van der Waals surface area contributed by atoms with E-state index in [1.54, 1.807) is 33.3 Å². The minimum absolute atomic E-state index is 0.111. The molecule has 0 atom stereocenters. The Hall–Kier alpha value is -4.14. The van der Waals surface area contributed by atoms with Crippen LogP contribution in [0.3, 0.4) is 0 Å². The topological polar surface area (TPSA) is 137 Å². The van der Waals surface area contributed by atoms with Crippen LogP contribution in [0.2, 0.25) is 0 Å². The van der Waals surface area contributed by atoms with Crippen LogP contribution in [0.1, 0.15) is 40.1 Å². The Morgan fingerprint density at radius 3 is 2.19 bits per heavy atom. The molecule has 0 unspecified atom stereocenters. The fourth-order valence-electron chi connectivity index (χ4n) is 3.76. The highest BCUT2D eigenvalue weighted by atomic mass is 16.5. The summed E-state index contributed by atoms with van der Waals surface area (Å²) in [6.45, 7) is 5.55. The molecule has 2 aromatic rings. The number of hydrogen-bond acceptors (Lipinski definition) is 9. The average molecular weight is 493 g/mol. The lowest BCUT2D eigenvalue weighted by atomic mass is 10.0. The van der Waals surface area contributed by atoms with Gasteiger partial charge in [-0.3, -0.25) is 19.3 Å². The van der Waals surface area contributed by atoms with Gasteiger partial charge >= 0.3 is 0 Å². The Morgan fingerprint density at radius 1 is 1.03 bits per heavy atom. The number of nitrogens with one attached hydrogen (secondary N) is 1. The van der Waals surface area contributed by atoms with E-state index in [4.69, 9.17) is 9.47 Å². The molecule has 11 nitrogen and oxygen atoms in total. The van der Waals surface area contributed by atoms with Gasteiger partial charge in [-0.05, 0) is 37.3 Å². The standard InChI is InChI=1S/C25H28N6O5/c1-5-31-24(33)19-12-17(15-26)22(14-20(19)25(31)34)29-28-21-7-6-18(13-23(21)27-16(2)32)30(8-10-35-3)9-11-36-4/h6-7,12-14H,5,8-11H2,1-4H3,(H,27,32)/b29-28+. The van der Waals surface area contributed by atoms with Gasteiger partial charge in [-0.1, -0.05) is 0 Å². The first-order valence-corrected chi connectivity index (χ1v) is 11.3. The molecule has 0 radical (unpaired) electrons. The van der Waals surface area contributed by atoms with E-state index in [0.717, 1.165) is 10.6 Å². The van der Waals surface area contributed by atoms with Crippen molar-refractivity contribution in [1.29, 1.82) is 5.26 Å². The van der Waals surface area contributed by atoms with E-state index in [1.165, 1.54) is 19.1 Å². The van der Waals surface area contributed by atoms with Gasteiger partial charge in [0, 0.05) is 46.5 Å². The van der Waals surface area contributed by atoms with Crippen molar-refractivity contribution in [2.75, 3.05) is 57.3 Å². The molecular formula is C25H28N6O5. The van der Waals surface area contributed by atoms with Gasteiger partial charge in [0.15, 0.2) is 0 Å². The van der Waals surface area contributed by atoms with Gasteiger partial charge in [-0.25, -0.2) is 0 Å². The fourth-order valence-corrected chi connectivity index (χ4v) is 3.76. The molecule has 1 heterocycles. The van der Waals surface area contributed by atoms with Gasteiger partial charge in [0.05, 0.1) is 35.6 Å². The van der Waals surface area contributed by atoms with Crippen molar-refractivity contribution < 1.29 is 23.9 Å². The molecule has 3 amide bonds. The van der Waals surface area contributed by atoms with Gasteiger partial charge in [0.2, 0.25) is 5.91 Å². The van der Waals surface area contributed by atoms with Crippen LogP contribution in [-0.2, 0) is 14.3 Å². The molecule has 1 aliphatic heterocycles. The number of hydrogen-bond donors (Lipinski definition) is 1. The number of ether oxygens (including phenoxy) is 2. The van der Waals surface area contributed by atoms with Crippen molar-refractivity contribution in [3.63, 3.8) is 0 Å². The summed E-state index contributed by atoms with van der Waals surface area (Å²) >= 11 is 0. The monoisotopic (exact) mass is 492 g/mol. The lowest BCUT2D eigenvalue weighted by Crippen LogP contribution is -2.30. The van der Waals surface area contributed by atoms with Crippen molar-refractivity contribution in [2.45, 2.75) is 13.8 Å². The number of azo groups is 1. The highest BCUT2D eigenvalue weighted by Gasteiger charge is 2.35. The molecule has 0 saturated heterocycles. The molecule has 11 heteroatoms. The SMILES string of the molecule is CCN1C(=O)c2cc(C#N)c(/N=N/c3ccc(N(CCOC)CCOC)cc3NC(C)=O)cc2C1=O. The minimum Gasteiger partial charge on any atom is -0.383 e. The van der Waals surface area contributed by atoms with Crippen LogP contribution in [0.15, 0.2) is 40.6 Å². The second kappa shape index (κ2) is 12.0. The number of nitriles is 1. The van der Waals surface area contributed by atoms with E-state index >= 15 is 0 Å². The van der Waals surface area contributed by atoms with Gasteiger partial charge < -0.3 is 19.7 Å². The zero-order valence-corrected chi connectivity index (χ0v) is 20.7. The number of carbonyl (C=O) groups excluding carboxylic acids is 3. The largest absolute Gasteiger partial charge is 0.383 e. The number of benzene rings is 2. The smallest absolute Gasteiger partial charge is 0.261 e. The lowest BCUT2D eigenvalue weighted by Gasteiger charge is -2.25. The number of fused-ring (bicyclic) bond motifs is 1. The number of nitrogens with zero attached hydrogens (tertiary/aromatic N) is 5. The molecule has 188 valence electrons. The Balaban J connectivity index is 1.99. The lowest BCUT2D eigenvalue weighted by molar-refractivity contribution is -0.114. The van der Waals surface area contributed by atoms with Crippen LogP contribution in [0.4, 0.5) is 22.7 Å². The Labute approximate surface area is 209 Å². The highest BCUT2D eigenvalue weighted by molar-refractivity contribution is 6.21. The van der Waals surface area contributed by atoms with Crippen molar-refractivity contribution >= 4 is 40.5 Å². The molecule has 3 rings (SSSR count). The maximum absolute atomic E-state index is 12.6. The van der Waals surface area contributed by atoms with Crippen LogP contribution in [0.5, 0.6) is 0 Å². The molecule has 1 N–H and O–H groups in total. The first-order valence-electron chi connectivity index (χ1n) is 11.3.